The molecule has 6 aromatic rings. The number of hydrogen-bond acceptors (Lipinski definition) is 2. The van der Waals surface area contributed by atoms with Gasteiger partial charge >= 0.3 is 0 Å². The van der Waals surface area contributed by atoms with Crippen molar-refractivity contribution in [2.75, 3.05) is 9.80 Å². The quantitative estimate of drug-likeness (QED) is 0.129. The van der Waals surface area contributed by atoms with Gasteiger partial charge in [-0.15, -0.1) is 0 Å². The highest BCUT2D eigenvalue weighted by Gasteiger charge is 2.27. The standard InChI is InChI=1S/C48H52N2/c1-8-34(3)37(6)38(7)46-33-45(50(42-26-18-12-19-27-42)43-28-20-13-21-29-43)31-36(5)48(46)47-35(4)30-44(32-39(47)9-2)49(40-22-14-10-15-23-40)41-24-16-11-17-25-41/h10-34,37-38H,8-9H2,1-7H3. The highest BCUT2D eigenvalue weighted by molar-refractivity contribution is 5.86. The highest BCUT2D eigenvalue weighted by atomic mass is 15.1. The van der Waals surface area contributed by atoms with Gasteiger partial charge in [-0.3, -0.25) is 0 Å². The van der Waals surface area contributed by atoms with Gasteiger partial charge < -0.3 is 9.80 Å². The number of anilines is 6. The fraction of sp³-hybridized carbons (Fsp3) is 0.250. The number of nitrogens with zero attached hydrogens (tertiary/aromatic N) is 2. The predicted molar refractivity (Wildman–Crippen MR) is 217 cm³/mol. The van der Waals surface area contributed by atoms with Gasteiger partial charge in [-0.2, -0.15) is 0 Å². The van der Waals surface area contributed by atoms with Gasteiger partial charge in [0.05, 0.1) is 0 Å². The zero-order chi connectivity index (χ0) is 35.2. The van der Waals surface area contributed by atoms with E-state index in [4.69, 9.17) is 0 Å². The molecule has 3 unspecified atom stereocenters. The van der Waals surface area contributed by atoms with Crippen LogP contribution in [0.25, 0.3) is 11.1 Å². The Balaban J connectivity index is 1.58. The molecule has 0 aliphatic heterocycles. The first kappa shape index (κ1) is 34.8. The van der Waals surface area contributed by atoms with Crippen LogP contribution in [-0.2, 0) is 6.42 Å². The van der Waals surface area contributed by atoms with Crippen molar-refractivity contribution in [3.8, 4) is 11.1 Å². The molecule has 0 spiro atoms. The summed E-state index contributed by atoms with van der Waals surface area (Å²) in [5, 5.41) is 0. The van der Waals surface area contributed by atoms with E-state index < -0.39 is 0 Å². The second kappa shape index (κ2) is 15.6. The first-order valence-electron chi connectivity index (χ1n) is 18.4. The molecule has 0 heterocycles. The summed E-state index contributed by atoms with van der Waals surface area (Å²) in [4.78, 5) is 4.80. The summed E-state index contributed by atoms with van der Waals surface area (Å²) in [6.45, 7) is 16.6. The SMILES string of the molecule is CCc1cc(N(c2ccccc2)c2ccccc2)cc(C)c1-c1c(C)cc(N(c2ccccc2)c2ccccc2)cc1C(C)C(C)C(C)CC. The van der Waals surface area contributed by atoms with Crippen LogP contribution < -0.4 is 9.80 Å². The summed E-state index contributed by atoms with van der Waals surface area (Å²) in [7, 11) is 0. The van der Waals surface area contributed by atoms with Crippen LogP contribution in [0.1, 0.15) is 69.2 Å². The Hall–Kier alpha value is -5.08. The van der Waals surface area contributed by atoms with Crippen molar-refractivity contribution < 1.29 is 0 Å². The first-order valence-corrected chi connectivity index (χ1v) is 18.4. The molecule has 3 atom stereocenters. The Morgan fingerprint density at radius 2 is 0.840 bits per heavy atom. The van der Waals surface area contributed by atoms with Gasteiger partial charge in [0.25, 0.3) is 0 Å². The van der Waals surface area contributed by atoms with E-state index in [2.05, 4.69) is 204 Å². The highest BCUT2D eigenvalue weighted by Crippen LogP contribution is 2.47. The Morgan fingerprint density at radius 3 is 1.22 bits per heavy atom. The van der Waals surface area contributed by atoms with E-state index in [1.54, 1.807) is 0 Å². The van der Waals surface area contributed by atoms with Gasteiger partial charge in [0.1, 0.15) is 0 Å². The lowest BCUT2D eigenvalue weighted by atomic mass is 9.75. The zero-order valence-electron chi connectivity index (χ0n) is 30.9. The maximum absolute atomic E-state index is 2.50. The molecule has 6 rings (SSSR count). The lowest BCUT2D eigenvalue weighted by Crippen LogP contribution is -2.18. The lowest BCUT2D eigenvalue weighted by Gasteiger charge is -2.33. The molecule has 2 heteroatoms. The number of hydrogen-bond donors (Lipinski definition) is 0. The molecule has 0 N–H and O–H groups in total. The fourth-order valence-corrected chi connectivity index (χ4v) is 7.58. The minimum absolute atomic E-state index is 0.362. The molecule has 0 radical (unpaired) electrons. The molecule has 0 fully saturated rings. The van der Waals surface area contributed by atoms with E-state index in [1.165, 1.54) is 51.2 Å². The molecule has 0 aromatic heterocycles. The lowest BCUT2D eigenvalue weighted by molar-refractivity contribution is 0.330. The topological polar surface area (TPSA) is 6.48 Å². The van der Waals surface area contributed by atoms with Crippen LogP contribution in [0.4, 0.5) is 34.1 Å². The third-order valence-electron chi connectivity index (χ3n) is 10.8. The van der Waals surface area contributed by atoms with Crippen LogP contribution in [0, 0.1) is 25.7 Å². The molecular weight excluding hydrogens is 605 g/mol. The summed E-state index contributed by atoms with van der Waals surface area (Å²) in [5.41, 5.74) is 15.2. The van der Waals surface area contributed by atoms with Crippen LogP contribution >= 0.6 is 0 Å². The van der Waals surface area contributed by atoms with Gasteiger partial charge in [-0.25, -0.2) is 0 Å². The molecule has 0 saturated heterocycles. The predicted octanol–water partition coefficient (Wildman–Crippen LogP) is 14.3. The van der Waals surface area contributed by atoms with Gasteiger partial charge in [-0.05, 0) is 144 Å². The number of para-hydroxylation sites is 4. The van der Waals surface area contributed by atoms with E-state index in [0.717, 1.165) is 29.2 Å². The van der Waals surface area contributed by atoms with Crippen molar-refractivity contribution in [2.24, 2.45) is 11.8 Å². The van der Waals surface area contributed by atoms with E-state index >= 15 is 0 Å². The summed E-state index contributed by atoms with van der Waals surface area (Å²) in [6, 6.07) is 52.8. The van der Waals surface area contributed by atoms with Crippen LogP contribution in [-0.4, -0.2) is 0 Å². The number of aryl methyl sites for hydroxylation is 3. The largest absolute Gasteiger partial charge is 0.310 e. The average Bonchev–Trinajstić information content (AvgIpc) is 3.16. The van der Waals surface area contributed by atoms with Crippen LogP contribution in [0.5, 0.6) is 0 Å². The second-order valence-corrected chi connectivity index (χ2v) is 13.9. The molecule has 0 saturated carbocycles. The van der Waals surface area contributed by atoms with E-state index in [9.17, 15) is 0 Å². The minimum Gasteiger partial charge on any atom is -0.310 e. The van der Waals surface area contributed by atoms with Crippen molar-refractivity contribution in [3.63, 3.8) is 0 Å². The smallest absolute Gasteiger partial charge is 0.0467 e. The summed E-state index contributed by atoms with van der Waals surface area (Å²) < 4.78 is 0. The molecule has 6 aromatic carbocycles. The molecule has 254 valence electrons. The molecule has 0 amide bonds. The normalized spacial score (nSPS) is 13.0. The Bertz CT molecular complexity index is 1900. The molecule has 0 bridgehead atoms. The maximum atomic E-state index is 2.50. The van der Waals surface area contributed by atoms with E-state index in [1.807, 2.05) is 0 Å². The molecule has 0 aliphatic carbocycles. The van der Waals surface area contributed by atoms with Gasteiger partial charge in [-0.1, -0.05) is 114 Å². The maximum Gasteiger partial charge on any atom is 0.0467 e. The van der Waals surface area contributed by atoms with Gasteiger partial charge in [0, 0.05) is 34.1 Å². The molecule has 50 heavy (non-hydrogen) atoms. The monoisotopic (exact) mass is 656 g/mol. The number of rotatable bonds is 12. The molecular formula is C48H52N2. The third-order valence-corrected chi connectivity index (χ3v) is 10.8. The summed E-state index contributed by atoms with van der Waals surface area (Å²) >= 11 is 0. The minimum atomic E-state index is 0.362. The third kappa shape index (κ3) is 7.12. The Labute approximate surface area is 301 Å². The summed E-state index contributed by atoms with van der Waals surface area (Å²) in [6.07, 6.45) is 2.11. The Morgan fingerprint density at radius 1 is 0.460 bits per heavy atom. The van der Waals surface area contributed by atoms with Crippen molar-refractivity contribution in [1.29, 1.82) is 0 Å². The van der Waals surface area contributed by atoms with Crippen LogP contribution in [0.3, 0.4) is 0 Å². The Kier molecular flexibility index (Phi) is 10.9. The summed E-state index contributed by atoms with van der Waals surface area (Å²) in [5.74, 6) is 1.49. The van der Waals surface area contributed by atoms with Gasteiger partial charge in [0.15, 0.2) is 0 Å². The van der Waals surface area contributed by atoms with Gasteiger partial charge in [0.2, 0.25) is 0 Å². The first-order chi connectivity index (χ1) is 24.3. The van der Waals surface area contributed by atoms with E-state index in [-0.39, 0.29) is 0 Å². The second-order valence-electron chi connectivity index (χ2n) is 13.9. The zero-order valence-corrected chi connectivity index (χ0v) is 30.9. The molecule has 0 aliphatic rings. The average molecular weight is 657 g/mol. The fourth-order valence-electron chi connectivity index (χ4n) is 7.58. The van der Waals surface area contributed by atoms with E-state index in [0.29, 0.717) is 17.8 Å². The van der Waals surface area contributed by atoms with Crippen molar-refractivity contribution in [1.82, 2.24) is 0 Å². The van der Waals surface area contributed by atoms with Crippen molar-refractivity contribution in [3.05, 3.63) is 168 Å². The molecule has 2 nitrogen and oxygen atoms in total. The van der Waals surface area contributed by atoms with Crippen LogP contribution in [0.2, 0.25) is 0 Å². The van der Waals surface area contributed by atoms with Crippen molar-refractivity contribution in [2.45, 2.75) is 67.2 Å². The van der Waals surface area contributed by atoms with Crippen LogP contribution in [0.15, 0.2) is 146 Å². The number of benzene rings is 6. The van der Waals surface area contributed by atoms with Crippen molar-refractivity contribution >= 4 is 34.1 Å².